The SMILES string of the molecule is Cc1ccc(C(NC(=O)COc2cccc(Br)c2)C2CC2)cc1. The summed E-state index contributed by atoms with van der Waals surface area (Å²) in [5, 5.41) is 3.12. The number of halogens is 1. The van der Waals surface area contributed by atoms with Crippen molar-refractivity contribution < 1.29 is 9.53 Å². The van der Waals surface area contributed by atoms with Gasteiger partial charge in [0.25, 0.3) is 5.91 Å². The van der Waals surface area contributed by atoms with Crippen LogP contribution in [-0.4, -0.2) is 12.5 Å². The summed E-state index contributed by atoms with van der Waals surface area (Å²) in [6, 6.07) is 16.0. The lowest BCUT2D eigenvalue weighted by Gasteiger charge is -2.19. The van der Waals surface area contributed by atoms with Crippen LogP contribution >= 0.6 is 15.9 Å². The third kappa shape index (κ3) is 4.58. The number of ether oxygens (including phenoxy) is 1. The monoisotopic (exact) mass is 373 g/mol. The van der Waals surface area contributed by atoms with Gasteiger partial charge in [-0.15, -0.1) is 0 Å². The van der Waals surface area contributed by atoms with Crippen LogP contribution in [0.5, 0.6) is 5.75 Å². The van der Waals surface area contributed by atoms with Crippen molar-refractivity contribution in [2.45, 2.75) is 25.8 Å². The third-order valence-corrected chi connectivity index (χ3v) is 4.51. The normalized spacial score (nSPS) is 15.0. The zero-order valence-corrected chi connectivity index (χ0v) is 14.7. The van der Waals surface area contributed by atoms with Gasteiger partial charge in [-0.1, -0.05) is 51.8 Å². The van der Waals surface area contributed by atoms with Gasteiger partial charge in [0, 0.05) is 4.47 Å². The Morgan fingerprint density at radius 2 is 2.00 bits per heavy atom. The van der Waals surface area contributed by atoms with Crippen LogP contribution in [-0.2, 0) is 4.79 Å². The summed E-state index contributed by atoms with van der Waals surface area (Å²) in [6.45, 7) is 2.10. The first kappa shape index (κ1) is 16.1. The molecule has 23 heavy (non-hydrogen) atoms. The third-order valence-electron chi connectivity index (χ3n) is 4.01. The first-order valence-corrected chi connectivity index (χ1v) is 8.65. The lowest BCUT2D eigenvalue weighted by molar-refractivity contribution is -0.124. The minimum Gasteiger partial charge on any atom is -0.484 e. The molecule has 1 aliphatic rings. The van der Waals surface area contributed by atoms with E-state index in [0.717, 1.165) is 4.47 Å². The molecule has 1 aliphatic carbocycles. The van der Waals surface area contributed by atoms with Gasteiger partial charge in [0.2, 0.25) is 0 Å². The average Bonchev–Trinajstić information content (AvgIpc) is 3.36. The molecule has 1 atom stereocenters. The van der Waals surface area contributed by atoms with E-state index in [-0.39, 0.29) is 18.6 Å². The predicted octanol–water partition coefficient (Wildman–Crippen LogP) is 4.40. The fraction of sp³-hybridized carbons (Fsp3) is 0.316. The van der Waals surface area contributed by atoms with Gasteiger partial charge in [0.05, 0.1) is 6.04 Å². The van der Waals surface area contributed by atoms with E-state index in [1.54, 1.807) is 0 Å². The highest BCUT2D eigenvalue weighted by Crippen LogP contribution is 2.41. The van der Waals surface area contributed by atoms with Gasteiger partial charge in [-0.25, -0.2) is 0 Å². The molecule has 1 unspecified atom stereocenters. The fourth-order valence-electron chi connectivity index (χ4n) is 2.60. The molecule has 1 amide bonds. The summed E-state index contributed by atoms with van der Waals surface area (Å²) in [4.78, 5) is 12.2. The smallest absolute Gasteiger partial charge is 0.258 e. The maximum absolute atomic E-state index is 12.2. The number of nitrogens with one attached hydrogen (secondary N) is 1. The molecule has 0 heterocycles. The largest absolute Gasteiger partial charge is 0.484 e. The molecule has 0 aliphatic heterocycles. The molecule has 0 bridgehead atoms. The van der Waals surface area contributed by atoms with E-state index in [4.69, 9.17) is 4.74 Å². The molecular formula is C19H20BrNO2. The molecule has 2 aromatic carbocycles. The predicted molar refractivity (Wildman–Crippen MR) is 94.4 cm³/mol. The van der Waals surface area contributed by atoms with Crippen molar-refractivity contribution in [3.05, 3.63) is 64.1 Å². The Hall–Kier alpha value is -1.81. The van der Waals surface area contributed by atoms with Gasteiger partial charge in [0.15, 0.2) is 6.61 Å². The first-order chi connectivity index (χ1) is 11.1. The van der Waals surface area contributed by atoms with Crippen LogP contribution in [0.2, 0.25) is 0 Å². The Labute approximate surface area is 145 Å². The minimum absolute atomic E-state index is 0.0333. The van der Waals surface area contributed by atoms with Crippen LogP contribution in [0, 0.1) is 12.8 Å². The molecule has 1 N–H and O–H groups in total. The van der Waals surface area contributed by atoms with Crippen molar-refractivity contribution in [1.29, 1.82) is 0 Å². The molecule has 1 fully saturated rings. The second-order valence-electron chi connectivity index (χ2n) is 6.04. The van der Waals surface area contributed by atoms with Crippen molar-refractivity contribution >= 4 is 21.8 Å². The van der Waals surface area contributed by atoms with E-state index in [0.29, 0.717) is 11.7 Å². The van der Waals surface area contributed by atoms with Crippen molar-refractivity contribution in [2.75, 3.05) is 6.61 Å². The van der Waals surface area contributed by atoms with Crippen molar-refractivity contribution in [2.24, 2.45) is 5.92 Å². The van der Waals surface area contributed by atoms with Gasteiger partial charge in [-0.05, 0) is 49.4 Å². The Kier molecular flexibility index (Phi) is 5.01. The zero-order chi connectivity index (χ0) is 16.2. The standard InChI is InChI=1S/C19H20BrNO2/c1-13-5-7-14(8-6-13)19(15-9-10-15)21-18(22)12-23-17-4-2-3-16(20)11-17/h2-8,11,15,19H,9-10,12H2,1H3,(H,21,22). The molecule has 3 nitrogen and oxygen atoms in total. The van der Waals surface area contributed by atoms with Crippen LogP contribution in [0.15, 0.2) is 53.0 Å². The Morgan fingerprint density at radius 3 is 2.65 bits per heavy atom. The van der Waals surface area contributed by atoms with E-state index in [2.05, 4.69) is 52.4 Å². The fourth-order valence-corrected chi connectivity index (χ4v) is 2.98. The Morgan fingerprint density at radius 1 is 1.26 bits per heavy atom. The number of amides is 1. The Bertz CT molecular complexity index is 680. The number of benzene rings is 2. The van der Waals surface area contributed by atoms with Crippen molar-refractivity contribution in [3.8, 4) is 5.75 Å². The van der Waals surface area contributed by atoms with E-state index in [1.807, 2.05) is 24.3 Å². The van der Waals surface area contributed by atoms with Crippen LogP contribution < -0.4 is 10.1 Å². The lowest BCUT2D eigenvalue weighted by atomic mass is 10.0. The summed E-state index contributed by atoms with van der Waals surface area (Å²) < 4.78 is 6.50. The topological polar surface area (TPSA) is 38.3 Å². The van der Waals surface area contributed by atoms with Crippen LogP contribution in [0.4, 0.5) is 0 Å². The summed E-state index contributed by atoms with van der Waals surface area (Å²) in [7, 11) is 0. The van der Waals surface area contributed by atoms with Crippen LogP contribution in [0.3, 0.4) is 0 Å². The number of carbonyl (C=O) groups excluding carboxylic acids is 1. The van der Waals surface area contributed by atoms with E-state index in [9.17, 15) is 4.79 Å². The van der Waals surface area contributed by atoms with E-state index >= 15 is 0 Å². The molecule has 1 saturated carbocycles. The van der Waals surface area contributed by atoms with Gasteiger partial charge in [-0.3, -0.25) is 4.79 Å². The molecule has 0 spiro atoms. The maximum Gasteiger partial charge on any atom is 0.258 e. The molecular weight excluding hydrogens is 354 g/mol. The number of aryl methyl sites for hydroxylation is 1. The summed E-state index contributed by atoms with van der Waals surface area (Å²) in [6.07, 6.45) is 2.34. The van der Waals surface area contributed by atoms with Gasteiger partial charge in [0.1, 0.15) is 5.75 Å². The molecule has 3 rings (SSSR count). The van der Waals surface area contributed by atoms with Gasteiger partial charge in [-0.2, -0.15) is 0 Å². The maximum atomic E-state index is 12.2. The second kappa shape index (κ2) is 7.18. The van der Waals surface area contributed by atoms with Crippen molar-refractivity contribution in [1.82, 2.24) is 5.32 Å². The highest BCUT2D eigenvalue weighted by atomic mass is 79.9. The first-order valence-electron chi connectivity index (χ1n) is 7.86. The molecule has 2 aromatic rings. The van der Waals surface area contributed by atoms with Crippen LogP contribution in [0.25, 0.3) is 0 Å². The highest BCUT2D eigenvalue weighted by molar-refractivity contribution is 9.10. The zero-order valence-electron chi connectivity index (χ0n) is 13.1. The van der Waals surface area contributed by atoms with Gasteiger partial charge >= 0.3 is 0 Å². The highest BCUT2D eigenvalue weighted by Gasteiger charge is 2.33. The summed E-state index contributed by atoms with van der Waals surface area (Å²) in [5.74, 6) is 1.16. The Balaban J connectivity index is 1.59. The lowest BCUT2D eigenvalue weighted by Crippen LogP contribution is -2.33. The van der Waals surface area contributed by atoms with E-state index in [1.165, 1.54) is 24.0 Å². The average molecular weight is 374 g/mol. The van der Waals surface area contributed by atoms with Crippen molar-refractivity contribution in [3.63, 3.8) is 0 Å². The summed E-state index contributed by atoms with van der Waals surface area (Å²) in [5.41, 5.74) is 2.40. The summed E-state index contributed by atoms with van der Waals surface area (Å²) >= 11 is 3.39. The van der Waals surface area contributed by atoms with Crippen LogP contribution in [0.1, 0.15) is 30.0 Å². The molecule has 120 valence electrons. The second-order valence-corrected chi connectivity index (χ2v) is 6.96. The number of hydrogen-bond acceptors (Lipinski definition) is 2. The van der Waals surface area contributed by atoms with Gasteiger partial charge < -0.3 is 10.1 Å². The number of hydrogen-bond donors (Lipinski definition) is 1. The molecule has 0 radical (unpaired) electrons. The molecule has 0 saturated heterocycles. The number of rotatable bonds is 6. The molecule has 4 heteroatoms. The minimum atomic E-state index is -0.0811. The molecule has 0 aromatic heterocycles. The number of carbonyl (C=O) groups is 1. The quantitative estimate of drug-likeness (QED) is 0.814. The van der Waals surface area contributed by atoms with E-state index < -0.39 is 0 Å².